The van der Waals surface area contributed by atoms with Gasteiger partial charge in [-0.15, -0.1) is 24.0 Å². The third-order valence-electron chi connectivity index (χ3n) is 5.52. The number of hydrogen-bond acceptors (Lipinski definition) is 3. The van der Waals surface area contributed by atoms with E-state index in [1.165, 1.54) is 50.9 Å². The summed E-state index contributed by atoms with van der Waals surface area (Å²) >= 11 is 0. The fraction of sp³-hybridized carbons (Fsp3) is 0.682. The first-order valence-electron chi connectivity index (χ1n) is 10.7. The quantitative estimate of drug-likeness (QED) is 0.210. The Morgan fingerprint density at radius 2 is 1.75 bits per heavy atom. The zero-order valence-electron chi connectivity index (χ0n) is 18.0. The van der Waals surface area contributed by atoms with Crippen molar-refractivity contribution in [3.63, 3.8) is 0 Å². The van der Waals surface area contributed by atoms with Gasteiger partial charge in [0.05, 0.1) is 6.04 Å². The van der Waals surface area contributed by atoms with E-state index in [0.717, 1.165) is 32.1 Å². The molecule has 0 bridgehead atoms. The molecule has 1 aliphatic rings. The Labute approximate surface area is 189 Å². The van der Waals surface area contributed by atoms with Gasteiger partial charge in [0.2, 0.25) is 0 Å². The number of hydrogen-bond donors (Lipinski definition) is 2. The first-order valence-corrected chi connectivity index (χ1v) is 10.7. The van der Waals surface area contributed by atoms with Crippen molar-refractivity contribution in [2.75, 3.05) is 52.9 Å². The van der Waals surface area contributed by atoms with Crippen LogP contribution in [0.5, 0.6) is 0 Å². The van der Waals surface area contributed by atoms with Crippen molar-refractivity contribution in [2.45, 2.75) is 45.6 Å². The van der Waals surface area contributed by atoms with Gasteiger partial charge < -0.3 is 15.5 Å². The van der Waals surface area contributed by atoms with Crippen LogP contribution in [-0.2, 0) is 0 Å². The molecule has 0 spiro atoms. The molecule has 0 aliphatic carbocycles. The van der Waals surface area contributed by atoms with Crippen LogP contribution in [0.15, 0.2) is 35.3 Å². The van der Waals surface area contributed by atoms with E-state index in [-0.39, 0.29) is 24.0 Å². The number of halogens is 1. The van der Waals surface area contributed by atoms with Gasteiger partial charge in [0, 0.05) is 20.1 Å². The molecule has 0 aromatic heterocycles. The molecule has 1 saturated heterocycles. The number of likely N-dealkylation sites (tertiary alicyclic amines) is 1. The molecule has 28 heavy (non-hydrogen) atoms. The second-order valence-corrected chi connectivity index (χ2v) is 7.28. The maximum atomic E-state index is 4.41. The molecule has 1 fully saturated rings. The van der Waals surface area contributed by atoms with Crippen molar-refractivity contribution in [3.05, 3.63) is 35.9 Å². The summed E-state index contributed by atoms with van der Waals surface area (Å²) in [6.45, 7) is 12.2. The maximum absolute atomic E-state index is 4.41. The summed E-state index contributed by atoms with van der Waals surface area (Å²) in [6.07, 6.45) is 5.21. The van der Waals surface area contributed by atoms with Crippen LogP contribution in [0.25, 0.3) is 0 Å². The van der Waals surface area contributed by atoms with Gasteiger partial charge in [0.1, 0.15) is 0 Å². The van der Waals surface area contributed by atoms with E-state index < -0.39 is 0 Å². The third kappa shape index (κ3) is 8.66. The molecule has 0 saturated carbocycles. The van der Waals surface area contributed by atoms with E-state index in [1.807, 2.05) is 7.05 Å². The summed E-state index contributed by atoms with van der Waals surface area (Å²) in [5, 5.41) is 7.01. The van der Waals surface area contributed by atoms with Crippen molar-refractivity contribution in [1.82, 2.24) is 20.4 Å². The van der Waals surface area contributed by atoms with Gasteiger partial charge >= 0.3 is 0 Å². The molecule has 2 N–H and O–H groups in total. The molecule has 6 heteroatoms. The van der Waals surface area contributed by atoms with E-state index in [9.17, 15) is 0 Å². The average molecular weight is 502 g/mol. The highest BCUT2D eigenvalue weighted by Crippen LogP contribution is 2.19. The predicted octanol–water partition coefficient (Wildman–Crippen LogP) is 3.73. The van der Waals surface area contributed by atoms with E-state index in [4.69, 9.17) is 0 Å². The molecule has 1 unspecified atom stereocenters. The van der Waals surface area contributed by atoms with Crippen LogP contribution in [0, 0.1) is 0 Å². The average Bonchev–Trinajstić information content (AvgIpc) is 3.23. The van der Waals surface area contributed by atoms with Crippen LogP contribution in [0.3, 0.4) is 0 Å². The lowest BCUT2D eigenvalue weighted by atomic mass is 10.1. The molecule has 160 valence electrons. The summed E-state index contributed by atoms with van der Waals surface area (Å²) in [5.41, 5.74) is 1.36. The number of likely N-dealkylation sites (N-methyl/N-ethyl adjacent to an activating group) is 1. The second kappa shape index (κ2) is 15.0. The Bertz CT molecular complexity index is 527. The number of aliphatic imine (C=N–C) groups is 1. The molecular weight excluding hydrogens is 461 g/mol. The molecule has 2 rings (SSSR count). The zero-order valence-corrected chi connectivity index (χ0v) is 20.3. The van der Waals surface area contributed by atoms with Gasteiger partial charge in [-0.05, 0) is 64.0 Å². The zero-order chi connectivity index (χ0) is 19.3. The summed E-state index contributed by atoms with van der Waals surface area (Å²) in [7, 11) is 1.86. The molecule has 0 radical (unpaired) electrons. The third-order valence-corrected chi connectivity index (χ3v) is 5.52. The van der Waals surface area contributed by atoms with E-state index in [2.05, 4.69) is 69.6 Å². The van der Waals surface area contributed by atoms with Crippen molar-refractivity contribution in [1.29, 1.82) is 0 Å². The molecule has 5 nitrogen and oxygen atoms in total. The first kappa shape index (κ1) is 25.2. The molecule has 0 amide bonds. The Balaban J connectivity index is 0.00000392. The number of nitrogens with one attached hydrogen (secondary N) is 2. The van der Waals surface area contributed by atoms with Crippen molar-refractivity contribution < 1.29 is 0 Å². The highest BCUT2D eigenvalue weighted by molar-refractivity contribution is 14.0. The van der Waals surface area contributed by atoms with Crippen molar-refractivity contribution in [2.24, 2.45) is 4.99 Å². The van der Waals surface area contributed by atoms with Crippen LogP contribution >= 0.6 is 24.0 Å². The normalized spacial score (nSPS) is 16.1. The van der Waals surface area contributed by atoms with Gasteiger partial charge in [-0.3, -0.25) is 9.89 Å². The molecule has 1 aromatic rings. The van der Waals surface area contributed by atoms with Gasteiger partial charge in [-0.1, -0.05) is 44.2 Å². The maximum Gasteiger partial charge on any atom is 0.191 e. The van der Waals surface area contributed by atoms with Crippen LogP contribution in [0.4, 0.5) is 0 Å². The number of rotatable bonds is 11. The Morgan fingerprint density at radius 3 is 2.36 bits per heavy atom. The lowest BCUT2D eigenvalue weighted by molar-refractivity contribution is 0.219. The minimum Gasteiger partial charge on any atom is -0.356 e. The molecule has 1 heterocycles. The van der Waals surface area contributed by atoms with E-state index >= 15 is 0 Å². The minimum absolute atomic E-state index is 0. The summed E-state index contributed by atoms with van der Waals surface area (Å²) in [6, 6.07) is 11.1. The Hall–Kier alpha value is -0.860. The molecule has 1 aromatic carbocycles. The van der Waals surface area contributed by atoms with Gasteiger partial charge in [-0.25, -0.2) is 0 Å². The van der Waals surface area contributed by atoms with E-state index in [1.54, 1.807) is 0 Å². The van der Waals surface area contributed by atoms with Crippen molar-refractivity contribution in [3.8, 4) is 0 Å². The Kier molecular flexibility index (Phi) is 13.5. The second-order valence-electron chi connectivity index (χ2n) is 7.28. The van der Waals surface area contributed by atoms with Crippen LogP contribution in [0.1, 0.15) is 51.1 Å². The van der Waals surface area contributed by atoms with Gasteiger partial charge in [0.15, 0.2) is 5.96 Å². The summed E-state index contributed by atoms with van der Waals surface area (Å²) in [4.78, 5) is 9.48. The monoisotopic (exact) mass is 501 g/mol. The smallest absolute Gasteiger partial charge is 0.191 e. The summed E-state index contributed by atoms with van der Waals surface area (Å²) in [5.74, 6) is 0.907. The van der Waals surface area contributed by atoms with Gasteiger partial charge in [0.25, 0.3) is 0 Å². The van der Waals surface area contributed by atoms with Crippen molar-refractivity contribution >= 4 is 29.9 Å². The van der Waals surface area contributed by atoms with Crippen LogP contribution < -0.4 is 10.6 Å². The molecular formula is C22H40IN5. The number of unbranched alkanes of at least 4 members (excludes halogenated alkanes) is 1. The fourth-order valence-electron chi connectivity index (χ4n) is 3.88. The largest absolute Gasteiger partial charge is 0.356 e. The highest BCUT2D eigenvalue weighted by Gasteiger charge is 2.18. The standard InChI is InChI=1S/C22H39N5.HI/c1-4-27(5-2)21(20-13-7-6-8-14-20)19-25-22(23-3)24-15-9-10-16-26-17-11-12-18-26;/h6-8,13-14,21H,4-5,9-12,15-19H2,1-3H3,(H2,23,24,25);1H. The van der Waals surface area contributed by atoms with E-state index in [0.29, 0.717) is 6.04 Å². The van der Waals surface area contributed by atoms with Crippen LogP contribution in [-0.4, -0.2) is 68.6 Å². The fourth-order valence-corrected chi connectivity index (χ4v) is 3.88. The minimum atomic E-state index is 0. The van der Waals surface area contributed by atoms with Crippen LogP contribution in [0.2, 0.25) is 0 Å². The van der Waals surface area contributed by atoms with Gasteiger partial charge in [-0.2, -0.15) is 0 Å². The first-order chi connectivity index (χ1) is 13.3. The molecule has 1 atom stereocenters. The number of benzene rings is 1. The number of guanidine groups is 1. The Morgan fingerprint density at radius 1 is 1.07 bits per heavy atom. The highest BCUT2D eigenvalue weighted by atomic mass is 127. The SMILES string of the molecule is CCN(CC)C(CNC(=NC)NCCCCN1CCCC1)c1ccccc1.I. The predicted molar refractivity (Wildman–Crippen MR) is 132 cm³/mol. The lowest BCUT2D eigenvalue weighted by Gasteiger charge is -2.30. The topological polar surface area (TPSA) is 42.9 Å². The summed E-state index contributed by atoms with van der Waals surface area (Å²) < 4.78 is 0. The lowest BCUT2D eigenvalue weighted by Crippen LogP contribution is -2.43. The number of nitrogens with zero attached hydrogens (tertiary/aromatic N) is 3. The molecule has 1 aliphatic heterocycles.